The largest absolute Gasteiger partial charge is 0.494 e. The van der Waals surface area contributed by atoms with E-state index in [1.54, 1.807) is 0 Å². The average Bonchev–Trinajstić information content (AvgIpc) is 3.13. The molecule has 0 spiro atoms. The number of dihydropyridines is 1. The summed E-state index contributed by atoms with van der Waals surface area (Å²) in [7, 11) is 0. The molecule has 2 aliphatic heterocycles. The quantitative estimate of drug-likeness (QED) is 0.815. The van der Waals surface area contributed by atoms with Gasteiger partial charge in [0.2, 0.25) is 0 Å². The third-order valence-corrected chi connectivity index (χ3v) is 4.55. The number of nitrogens with one attached hydrogen (secondary N) is 2. The zero-order chi connectivity index (χ0) is 15.1. The molecule has 1 aromatic heterocycles. The highest BCUT2D eigenvalue weighted by atomic mass is 16.5. The van der Waals surface area contributed by atoms with Crippen molar-refractivity contribution in [2.45, 2.75) is 19.4 Å². The van der Waals surface area contributed by atoms with E-state index in [0.717, 1.165) is 24.3 Å². The lowest BCUT2D eigenvalue weighted by Gasteiger charge is -2.27. The summed E-state index contributed by atoms with van der Waals surface area (Å²) in [4.78, 5) is 3.28. The van der Waals surface area contributed by atoms with Crippen LogP contribution in [0.1, 0.15) is 24.9 Å². The zero-order valence-electron chi connectivity index (χ0n) is 12.7. The fourth-order valence-corrected chi connectivity index (χ4v) is 3.35. The number of allylic oxidation sites excluding steroid dienone is 1. The number of hydrogen-bond donors (Lipinski definition) is 3. The minimum Gasteiger partial charge on any atom is -0.494 e. The van der Waals surface area contributed by atoms with Gasteiger partial charge in [-0.3, -0.25) is 0 Å². The molecule has 3 heterocycles. The molecule has 22 heavy (non-hydrogen) atoms. The molecule has 4 nitrogen and oxygen atoms in total. The van der Waals surface area contributed by atoms with E-state index < -0.39 is 0 Å². The molecule has 0 saturated heterocycles. The first-order valence-electron chi connectivity index (χ1n) is 7.87. The van der Waals surface area contributed by atoms with E-state index in [1.165, 1.54) is 22.2 Å². The zero-order valence-corrected chi connectivity index (χ0v) is 12.7. The molecule has 2 aromatic rings. The topological polar surface area (TPSA) is 63.1 Å². The van der Waals surface area contributed by atoms with E-state index >= 15 is 0 Å². The van der Waals surface area contributed by atoms with Gasteiger partial charge in [-0.2, -0.15) is 0 Å². The Morgan fingerprint density at radius 2 is 2.23 bits per heavy atom. The fraction of sp³-hybridized carbons (Fsp3) is 0.333. The van der Waals surface area contributed by atoms with Crippen LogP contribution in [0.5, 0.6) is 0 Å². The average molecular weight is 295 g/mol. The minimum absolute atomic E-state index is 0.0826. The van der Waals surface area contributed by atoms with Crippen molar-refractivity contribution >= 4 is 10.9 Å². The van der Waals surface area contributed by atoms with Crippen molar-refractivity contribution in [2.24, 2.45) is 11.7 Å². The van der Waals surface area contributed by atoms with Gasteiger partial charge in [-0.1, -0.05) is 19.1 Å². The van der Waals surface area contributed by atoms with Gasteiger partial charge in [-0.25, -0.2) is 0 Å². The van der Waals surface area contributed by atoms with Crippen molar-refractivity contribution in [1.82, 2.24) is 10.3 Å². The molecular formula is C18H21N3O. The van der Waals surface area contributed by atoms with Crippen molar-refractivity contribution in [1.29, 1.82) is 0 Å². The van der Waals surface area contributed by atoms with Gasteiger partial charge < -0.3 is 20.8 Å². The third-order valence-electron chi connectivity index (χ3n) is 4.55. The third kappa shape index (κ3) is 2.11. The number of aromatic nitrogens is 1. The molecule has 4 rings (SSSR count). The number of ether oxygens (including phenoxy) is 1. The predicted octanol–water partition coefficient (Wildman–Crippen LogP) is 2.97. The first kappa shape index (κ1) is 13.5. The fourth-order valence-electron chi connectivity index (χ4n) is 3.35. The highest BCUT2D eigenvalue weighted by molar-refractivity contribution is 5.80. The summed E-state index contributed by atoms with van der Waals surface area (Å²) in [6.45, 7) is 3.63. The van der Waals surface area contributed by atoms with Crippen LogP contribution < -0.4 is 11.1 Å². The van der Waals surface area contributed by atoms with Crippen LogP contribution >= 0.6 is 0 Å². The number of benzene rings is 1. The van der Waals surface area contributed by atoms with E-state index in [1.807, 2.05) is 6.20 Å². The molecule has 0 bridgehead atoms. The van der Waals surface area contributed by atoms with Gasteiger partial charge in [0.1, 0.15) is 11.8 Å². The predicted molar refractivity (Wildman–Crippen MR) is 88.1 cm³/mol. The Bertz CT molecular complexity index is 771. The maximum atomic E-state index is 5.99. The Kier molecular flexibility index (Phi) is 3.19. The molecule has 1 aromatic carbocycles. The molecule has 2 atom stereocenters. The molecule has 0 amide bonds. The lowest BCUT2D eigenvalue weighted by Crippen LogP contribution is -2.27. The van der Waals surface area contributed by atoms with E-state index in [9.17, 15) is 0 Å². The van der Waals surface area contributed by atoms with Gasteiger partial charge >= 0.3 is 0 Å². The van der Waals surface area contributed by atoms with Gasteiger partial charge in [-0.15, -0.1) is 0 Å². The lowest BCUT2D eigenvalue weighted by molar-refractivity contribution is 0.200. The normalized spacial score (nSPS) is 24.0. The van der Waals surface area contributed by atoms with E-state index in [-0.39, 0.29) is 6.04 Å². The van der Waals surface area contributed by atoms with Crippen molar-refractivity contribution in [3.63, 3.8) is 0 Å². The van der Waals surface area contributed by atoms with Crippen LogP contribution in [0.2, 0.25) is 0 Å². The first-order chi connectivity index (χ1) is 10.8. The molecule has 2 aliphatic rings. The summed E-state index contributed by atoms with van der Waals surface area (Å²) >= 11 is 0. The van der Waals surface area contributed by atoms with Gasteiger partial charge in [-0.05, 0) is 42.1 Å². The van der Waals surface area contributed by atoms with E-state index in [0.29, 0.717) is 12.5 Å². The van der Waals surface area contributed by atoms with Gasteiger partial charge in [0.25, 0.3) is 0 Å². The van der Waals surface area contributed by atoms with Crippen molar-refractivity contribution in [3.05, 3.63) is 59.1 Å². The molecule has 0 fully saturated rings. The monoisotopic (exact) mass is 295 g/mol. The standard InChI is InChI=1S/C18H21N3O/c1-11-10-22-18-15(11)9-14(4-6-19)21-17(18)13-3-2-12-5-7-20-16(12)8-13/h2-3,5,7-9,11,17,20-21H,4,6,10,19H2,1H3. The van der Waals surface area contributed by atoms with E-state index in [2.05, 4.69) is 47.6 Å². The Balaban J connectivity index is 1.76. The highest BCUT2D eigenvalue weighted by Gasteiger charge is 2.33. The number of rotatable bonds is 3. The molecular weight excluding hydrogens is 274 g/mol. The molecule has 2 unspecified atom stereocenters. The molecule has 0 saturated carbocycles. The Morgan fingerprint density at radius 3 is 3.09 bits per heavy atom. The maximum Gasteiger partial charge on any atom is 0.126 e. The van der Waals surface area contributed by atoms with Crippen LogP contribution in [0.15, 0.2) is 53.6 Å². The highest BCUT2D eigenvalue weighted by Crippen LogP contribution is 2.39. The summed E-state index contributed by atoms with van der Waals surface area (Å²) in [6, 6.07) is 8.71. The number of nitrogens with two attached hydrogens (primary N) is 1. The van der Waals surface area contributed by atoms with Crippen LogP contribution in [0.3, 0.4) is 0 Å². The summed E-state index contributed by atoms with van der Waals surface area (Å²) in [5, 5.41) is 4.83. The smallest absolute Gasteiger partial charge is 0.126 e. The second-order valence-electron chi connectivity index (χ2n) is 6.14. The Morgan fingerprint density at radius 1 is 1.32 bits per heavy atom. The van der Waals surface area contributed by atoms with Crippen LogP contribution in [0, 0.1) is 5.92 Å². The molecule has 114 valence electrons. The SMILES string of the molecule is CC1COC2=C1C=C(CCN)NC2c1ccc2cc[nH]c2c1. The Labute approximate surface area is 130 Å². The van der Waals surface area contributed by atoms with Gasteiger partial charge in [0.15, 0.2) is 0 Å². The number of H-pyrrole nitrogens is 1. The van der Waals surface area contributed by atoms with Crippen LogP contribution in [-0.2, 0) is 4.74 Å². The van der Waals surface area contributed by atoms with Gasteiger partial charge in [0, 0.05) is 28.9 Å². The number of hydrogen-bond acceptors (Lipinski definition) is 3. The second-order valence-corrected chi connectivity index (χ2v) is 6.14. The Hall–Kier alpha value is -2.20. The van der Waals surface area contributed by atoms with Crippen molar-refractivity contribution < 1.29 is 4.74 Å². The van der Waals surface area contributed by atoms with Crippen LogP contribution in [0.4, 0.5) is 0 Å². The van der Waals surface area contributed by atoms with Crippen LogP contribution in [0.25, 0.3) is 10.9 Å². The summed E-state index contributed by atoms with van der Waals surface area (Å²) in [5.74, 6) is 1.51. The molecule has 0 aliphatic carbocycles. The minimum atomic E-state index is 0.0826. The lowest BCUT2D eigenvalue weighted by atomic mass is 9.92. The summed E-state index contributed by atoms with van der Waals surface area (Å²) in [6.07, 6.45) is 5.07. The van der Waals surface area contributed by atoms with Crippen LogP contribution in [-0.4, -0.2) is 18.1 Å². The molecule has 4 N–H and O–H groups in total. The number of fused-ring (bicyclic) bond motifs is 1. The van der Waals surface area contributed by atoms with Crippen molar-refractivity contribution in [2.75, 3.05) is 13.2 Å². The maximum absolute atomic E-state index is 5.99. The number of aromatic amines is 1. The molecule has 0 radical (unpaired) electrons. The van der Waals surface area contributed by atoms with Gasteiger partial charge in [0.05, 0.1) is 6.61 Å². The summed E-state index contributed by atoms with van der Waals surface area (Å²) in [5.41, 5.74) is 10.6. The first-order valence-corrected chi connectivity index (χ1v) is 7.87. The summed E-state index contributed by atoms with van der Waals surface area (Å²) < 4.78 is 5.99. The second kappa shape index (κ2) is 5.21. The van der Waals surface area contributed by atoms with E-state index in [4.69, 9.17) is 10.5 Å². The molecule has 4 heteroatoms. The van der Waals surface area contributed by atoms with Crippen molar-refractivity contribution in [3.8, 4) is 0 Å².